The van der Waals surface area contributed by atoms with Crippen LogP contribution in [-0.4, -0.2) is 51.1 Å². The molecule has 2 aromatic rings. The average molecular weight is 347 g/mol. The van der Waals surface area contributed by atoms with Crippen LogP contribution >= 0.6 is 0 Å². The molecule has 1 saturated heterocycles. The normalized spacial score (nSPS) is 17.5. The van der Waals surface area contributed by atoms with Gasteiger partial charge in [-0.15, -0.1) is 0 Å². The summed E-state index contributed by atoms with van der Waals surface area (Å²) in [7, 11) is -3.57. The minimum absolute atomic E-state index is 0.0263. The third kappa shape index (κ3) is 4.18. The van der Waals surface area contributed by atoms with Gasteiger partial charge in [0.25, 0.3) is 0 Å². The summed E-state index contributed by atoms with van der Waals surface area (Å²) in [5.74, 6) is 0. The third-order valence-corrected chi connectivity index (χ3v) is 5.49. The second kappa shape index (κ2) is 7.85. The summed E-state index contributed by atoms with van der Waals surface area (Å²) in [5.41, 5.74) is 1.09. The molecule has 1 N–H and O–H groups in total. The highest BCUT2D eigenvalue weighted by Crippen LogP contribution is 2.21. The Kier molecular flexibility index (Phi) is 5.57. The topological polar surface area (TPSA) is 71.5 Å². The summed E-state index contributed by atoms with van der Waals surface area (Å²) >= 11 is 0. The van der Waals surface area contributed by atoms with E-state index in [0.717, 1.165) is 18.7 Å². The number of aromatic nitrogens is 1. The molecule has 0 aliphatic carbocycles. The van der Waals surface area contributed by atoms with Crippen LogP contribution in [0.25, 0.3) is 0 Å². The van der Waals surface area contributed by atoms with Gasteiger partial charge in [-0.3, -0.25) is 9.88 Å². The highest BCUT2D eigenvalue weighted by molar-refractivity contribution is 7.89. The Morgan fingerprint density at radius 2 is 1.88 bits per heavy atom. The second-order valence-electron chi connectivity index (χ2n) is 5.62. The second-order valence-corrected chi connectivity index (χ2v) is 7.38. The number of pyridine rings is 1. The van der Waals surface area contributed by atoms with E-state index in [1.807, 2.05) is 30.3 Å². The lowest BCUT2D eigenvalue weighted by Gasteiger charge is -2.34. The molecule has 0 amide bonds. The molecule has 1 aromatic heterocycles. The van der Waals surface area contributed by atoms with Gasteiger partial charge in [-0.25, -0.2) is 13.1 Å². The van der Waals surface area contributed by atoms with Gasteiger partial charge in [-0.1, -0.05) is 30.3 Å². The van der Waals surface area contributed by atoms with E-state index < -0.39 is 10.0 Å². The van der Waals surface area contributed by atoms with Crippen molar-refractivity contribution >= 4 is 10.0 Å². The lowest BCUT2D eigenvalue weighted by molar-refractivity contribution is 0.0172. The summed E-state index contributed by atoms with van der Waals surface area (Å²) in [5, 5.41) is 0. The van der Waals surface area contributed by atoms with Crippen molar-refractivity contribution in [2.75, 3.05) is 32.8 Å². The quantitative estimate of drug-likeness (QED) is 0.856. The fraction of sp³-hybridized carbons (Fsp3) is 0.353. The lowest BCUT2D eigenvalue weighted by atomic mass is 10.1. The zero-order valence-electron chi connectivity index (χ0n) is 13.3. The van der Waals surface area contributed by atoms with Crippen molar-refractivity contribution in [2.24, 2.45) is 0 Å². The molecule has 6 nitrogen and oxygen atoms in total. The monoisotopic (exact) mass is 347 g/mol. The predicted octanol–water partition coefficient (Wildman–Crippen LogP) is 1.43. The fourth-order valence-electron chi connectivity index (χ4n) is 2.80. The van der Waals surface area contributed by atoms with Gasteiger partial charge < -0.3 is 4.74 Å². The first-order chi connectivity index (χ1) is 11.7. The number of sulfonamides is 1. The van der Waals surface area contributed by atoms with Crippen LogP contribution in [-0.2, 0) is 14.8 Å². The number of nitrogens with one attached hydrogen (secondary N) is 1. The van der Waals surface area contributed by atoms with Crippen molar-refractivity contribution in [1.29, 1.82) is 0 Å². The van der Waals surface area contributed by atoms with Gasteiger partial charge in [0.1, 0.15) is 4.90 Å². The van der Waals surface area contributed by atoms with Crippen molar-refractivity contribution in [3.63, 3.8) is 0 Å². The Balaban J connectivity index is 1.77. The van der Waals surface area contributed by atoms with Gasteiger partial charge in [0.2, 0.25) is 10.0 Å². The van der Waals surface area contributed by atoms with Gasteiger partial charge in [0.05, 0.1) is 13.2 Å². The fourth-order valence-corrected chi connectivity index (χ4v) is 3.80. The van der Waals surface area contributed by atoms with Crippen molar-refractivity contribution in [3.05, 3.63) is 60.4 Å². The summed E-state index contributed by atoms with van der Waals surface area (Å²) in [6.07, 6.45) is 2.91. The Hall–Kier alpha value is -1.80. The van der Waals surface area contributed by atoms with Crippen molar-refractivity contribution in [2.45, 2.75) is 10.9 Å². The maximum absolute atomic E-state index is 12.5. The van der Waals surface area contributed by atoms with Crippen LogP contribution in [0.1, 0.15) is 11.6 Å². The maximum atomic E-state index is 12.5. The molecule has 1 atom stereocenters. The van der Waals surface area contributed by atoms with Gasteiger partial charge in [0.15, 0.2) is 0 Å². The predicted molar refractivity (Wildman–Crippen MR) is 91.0 cm³/mol. The van der Waals surface area contributed by atoms with Crippen LogP contribution in [0.4, 0.5) is 0 Å². The van der Waals surface area contributed by atoms with Crippen LogP contribution in [0.2, 0.25) is 0 Å². The minimum Gasteiger partial charge on any atom is -0.379 e. The smallest absolute Gasteiger partial charge is 0.242 e. The maximum Gasteiger partial charge on any atom is 0.242 e. The first-order valence-corrected chi connectivity index (χ1v) is 9.41. The molecule has 1 aromatic carbocycles. The highest BCUT2D eigenvalue weighted by Gasteiger charge is 2.24. The van der Waals surface area contributed by atoms with Crippen LogP contribution in [0.15, 0.2) is 59.8 Å². The van der Waals surface area contributed by atoms with Crippen LogP contribution in [0.3, 0.4) is 0 Å². The summed E-state index contributed by atoms with van der Waals surface area (Å²) in [6.45, 7) is 3.21. The van der Waals surface area contributed by atoms with E-state index in [9.17, 15) is 8.42 Å². The van der Waals surface area contributed by atoms with E-state index in [2.05, 4.69) is 14.6 Å². The summed E-state index contributed by atoms with van der Waals surface area (Å²) in [6, 6.07) is 13.1. The van der Waals surface area contributed by atoms with Crippen LogP contribution in [0, 0.1) is 0 Å². The molecule has 7 heteroatoms. The van der Waals surface area contributed by atoms with Crippen molar-refractivity contribution in [1.82, 2.24) is 14.6 Å². The number of rotatable bonds is 6. The largest absolute Gasteiger partial charge is 0.379 e. The molecule has 0 radical (unpaired) electrons. The summed E-state index contributed by atoms with van der Waals surface area (Å²) in [4.78, 5) is 6.31. The van der Waals surface area contributed by atoms with E-state index in [4.69, 9.17) is 4.74 Å². The zero-order valence-corrected chi connectivity index (χ0v) is 14.2. The lowest BCUT2D eigenvalue weighted by Crippen LogP contribution is -2.43. The van der Waals surface area contributed by atoms with Gasteiger partial charge in [-0.05, 0) is 17.7 Å². The van der Waals surface area contributed by atoms with Crippen LogP contribution < -0.4 is 4.72 Å². The van der Waals surface area contributed by atoms with Crippen molar-refractivity contribution < 1.29 is 13.2 Å². The molecule has 1 unspecified atom stereocenters. The first kappa shape index (κ1) is 17.0. The first-order valence-electron chi connectivity index (χ1n) is 7.93. The zero-order chi connectivity index (χ0) is 16.8. The van der Waals surface area contributed by atoms with E-state index in [0.29, 0.717) is 19.8 Å². The Morgan fingerprint density at radius 1 is 1.12 bits per heavy atom. The van der Waals surface area contributed by atoms with Gasteiger partial charge >= 0.3 is 0 Å². The van der Waals surface area contributed by atoms with Gasteiger partial charge in [0, 0.05) is 38.1 Å². The molecule has 0 spiro atoms. The Morgan fingerprint density at radius 3 is 2.54 bits per heavy atom. The van der Waals surface area contributed by atoms with E-state index >= 15 is 0 Å². The Bertz CT molecular complexity index is 732. The molecule has 1 fully saturated rings. The van der Waals surface area contributed by atoms with Gasteiger partial charge in [-0.2, -0.15) is 0 Å². The molecule has 1 aliphatic rings. The van der Waals surface area contributed by atoms with Crippen molar-refractivity contribution in [3.8, 4) is 0 Å². The molecule has 2 heterocycles. The SMILES string of the molecule is O=S(=O)(NCC(c1ccccc1)N1CCOCC1)c1cccnc1. The molecule has 24 heavy (non-hydrogen) atoms. The van der Waals surface area contributed by atoms with E-state index in [-0.39, 0.29) is 10.9 Å². The molecule has 0 saturated carbocycles. The highest BCUT2D eigenvalue weighted by atomic mass is 32.2. The molecule has 128 valence electrons. The van der Waals surface area contributed by atoms with E-state index in [1.54, 1.807) is 18.3 Å². The molecule has 0 bridgehead atoms. The number of hydrogen-bond donors (Lipinski definition) is 1. The van der Waals surface area contributed by atoms with E-state index in [1.165, 1.54) is 6.20 Å². The molecular formula is C17H21N3O3S. The van der Waals surface area contributed by atoms with Crippen LogP contribution in [0.5, 0.6) is 0 Å². The number of morpholine rings is 1. The molecule has 3 rings (SSSR count). The number of ether oxygens (including phenoxy) is 1. The average Bonchev–Trinajstić information content (AvgIpc) is 2.64. The Labute approximate surface area is 142 Å². The third-order valence-electron chi connectivity index (χ3n) is 4.08. The standard InChI is InChI=1S/C17H21N3O3S/c21-24(22,16-7-4-8-18-13-16)19-14-17(15-5-2-1-3-6-15)20-9-11-23-12-10-20/h1-8,13,17,19H,9-12,14H2. The minimum atomic E-state index is -3.57. The molecule has 1 aliphatic heterocycles. The number of hydrogen-bond acceptors (Lipinski definition) is 5. The number of nitrogens with zero attached hydrogens (tertiary/aromatic N) is 2. The summed E-state index contributed by atoms with van der Waals surface area (Å²) < 4.78 is 33.0. The number of benzene rings is 1. The molecular weight excluding hydrogens is 326 g/mol.